The van der Waals surface area contributed by atoms with Crippen LogP contribution in [0.1, 0.15) is 0 Å². The van der Waals surface area contributed by atoms with Gasteiger partial charge in [0, 0.05) is 24.2 Å². The van der Waals surface area contributed by atoms with Crippen molar-refractivity contribution in [1.29, 1.82) is 0 Å². The van der Waals surface area contributed by atoms with Crippen LogP contribution in [-0.2, 0) is 44.7 Å². The van der Waals surface area contributed by atoms with Crippen LogP contribution in [0.25, 0.3) is 10.8 Å². The molecule has 0 bridgehead atoms. The van der Waals surface area contributed by atoms with Gasteiger partial charge in [-0.2, -0.15) is 25.3 Å². The Bertz CT molecular complexity index is 1970. The molecule has 0 aliphatic carbocycles. The summed E-state index contributed by atoms with van der Waals surface area (Å²) in [5, 5.41) is 30.4. The molecule has 0 saturated heterocycles. The predicted octanol–water partition coefficient (Wildman–Crippen LogP) is 1.79. The molecule has 0 amide bonds. The number of azo groups is 1. The lowest BCUT2D eigenvalue weighted by atomic mass is 10.1. The number of sulfone groups is 1. The van der Waals surface area contributed by atoms with Crippen LogP contribution >= 0.6 is 0 Å². The summed E-state index contributed by atoms with van der Waals surface area (Å²) in [6.07, 6.45) is 0. The van der Waals surface area contributed by atoms with Crippen LogP contribution < -0.4 is 5.32 Å². The molecule has 0 unspecified atom stereocenters. The molecule has 0 aliphatic heterocycles. The number of rotatable bonds is 10. The van der Waals surface area contributed by atoms with E-state index in [9.17, 15) is 53.0 Å². The summed E-state index contributed by atoms with van der Waals surface area (Å²) < 4.78 is 125. The SMILES string of the molecule is CNc1cc(S(=O)(=O)O)cc2cc(S(=O)(=O)O)c(/N=N/c3ccc(S(=O)(=O)CCOS(=O)(=O)O)cc3O)c(O)c12. The molecular weight excluding hydrogens is 622 g/mol. The van der Waals surface area contributed by atoms with Gasteiger partial charge in [0.15, 0.2) is 15.6 Å². The number of hydrogen-bond acceptors (Lipinski definition) is 14. The van der Waals surface area contributed by atoms with E-state index in [1.807, 2.05) is 0 Å². The quantitative estimate of drug-likeness (QED) is 0.136. The van der Waals surface area contributed by atoms with Gasteiger partial charge in [0.1, 0.15) is 22.0 Å². The molecule has 0 fully saturated rings. The molecular formula is C19H19N3O14S4. The van der Waals surface area contributed by atoms with Crippen molar-refractivity contribution in [3.63, 3.8) is 0 Å². The van der Waals surface area contributed by atoms with E-state index in [1.54, 1.807) is 0 Å². The maximum absolute atomic E-state index is 12.3. The van der Waals surface area contributed by atoms with E-state index in [0.717, 1.165) is 30.3 Å². The lowest BCUT2D eigenvalue weighted by Crippen LogP contribution is -2.15. The van der Waals surface area contributed by atoms with E-state index >= 15 is 0 Å². The normalized spacial score (nSPS) is 13.2. The first-order valence-corrected chi connectivity index (χ1v) is 16.2. The smallest absolute Gasteiger partial charge is 0.397 e. The third-order valence-electron chi connectivity index (χ3n) is 5.12. The van der Waals surface area contributed by atoms with Crippen molar-refractivity contribution in [3.8, 4) is 11.5 Å². The van der Waals surface area contributed by atoms with Crippen LogP contribution in [0.2, 0.25) is 0 Å². The molecule has 0 heterocycles. The van der Waals surface area contributed by atoms with Gasteiger partial charge < -0.3 is 15.5 Å². The monoisotopic (exact) mass is 641 g/mol. The molecule has 17 nitrogen and oxygen atoms in total. The van der Waals surface area contributed by atoms with E-state index in [2.05, 4.69) is 19.7 Å². The van der Waals surface area contributed by atoms with E-state index in [0.29, 0.717) is 6.07 Å². The molecule has 0 spiro atoms. The largest absolute Gasteiger partial charge is 0.506 e. The van der Waals surface area contributed by atoms with Crippen molar-refractivity contribution in [1.82, 2.24) is 0 Å². The van der Waals surface area contributed by atoms with Crippen LogP contribution in [0, 0.1) is 0 Å². The van der Waals surface area contributed by atoms with Crippen molar-refractivity contribution in [2.75, 3.05) is 24.7 Å². The molecule has 3 aromatic rings. The minimum atomic E-state index is -5.14. The Morgan fingerprint density at radius 2 is 1.48 bits per heavy atom. The Morgan fingerprint density at radius 1 is 0.825 bits per heavy atom. The summed E-state index contributed by atoms with van der Waals surface area (Å²) >= 11 is 0. The van der Waals surface area contributed by atoms with Gasteiger partial charge in [-0.05, 0) is 35.7 Å². The van der Waals surface area contributed by atoms with Crippen LogP contribution in [-0.4, -0.2) is 76.9 Å². The first-order chi connectivity index (χ1) is 18.2. The zero-order valence-electron chi connectivity index (χ0n) is 19.8. The van der Waals surface area contributed by atoms with Crippen LogP contribution in [0.4, 0.5) is 17.1 Å². The summed E-state index contributed by atoms with van der Waals surface area (Å²) in [7, 11) is -17.7. The molecule has 21 heteroatoms. The lowest BCUT2D eigenvalue weighted by Gasteiger charge is -2.13. The number of anilines is 1. The van der Waals surface area contributed by atoms with Gasteiger partial charge in [-0.25, -0.2) is 12.6 Å². The van der Waals surface area contributed by atoms with E-state index < -0.39 is 90.4 Å². The van der Waals surface area contributed by atoms with Crippen molar-refractivity contribution in [3.05, 3.63) is 36.4 Å². The summed E-state index contributed by atoms with van der Waals surface area (Å²) in [5.41, 5.74) is -1.38. The molecule has 0 aliphatic rings. The van der Waals surface area contributed by atoms with Crippen molar-refractivity contribution in [2.45, 2.75) is 14.7 Å². The zero-order valence-corrected chi connectivity index (χ0v) is 23.1. The Morgan fingerprint density at radius 3 is 2.00 bits per heavy atom. The van der Waals surface area contributed by atoms with Gasteiger partial charge in [-0.3, -0.25) is 13.7 Å². The Balaban J connectivity index is 2.12. The highest BCUT2D eigenvalue weighted by Crippen LogP contribution is 2.45. The van der Waals surface area contributed by atoms with E-state index in [1.165, 1.54) is 7.05 Å². The van der Waals surface area contributed by atoms with Crippen LogP contribution in [0.3, 0.4) is 0 Å². The van der Waals surface area contributed by atoms with Crippen molar-refractivity contribution in [2.24, 2.45) is 10.2 Å². The number of aromatic hydroxyl groups is 2. The van der Waals surface area contributed by atoms with Crippen LogP contribution in [0.5, 0.6) is 11.5 Å². The maximum atomic E-state index is 12.3. The zero-order chi connectivity index (χ0) is 30.3. The van der Waals surface area contributed by atoms with Gasteiger partial charge in [-0.15, -0.1) is 10.2 Å². The fourth-order valence-electron chi connectivity index (χ4n) is 3.35. The first kappa shape index (κ1) is 31.1. The second-order valence-corrected chi connectivity index (χ2v) is 13.8. The highest BCUT2D eigenvalue weighted by atomic mass is 32.3. The molecule has 3 rings (SSSR count). The van der Waals surface area contributed by atoms with Gasteiger partial charge in [0.05, 0.1) is 22.2 Å². The molecule has 0 atom stereocenters. The Labute approximate surface area is 227 Å². The van der Waals surface area contributed by atoms with Gasteiger partial charge >= 0.3 is 10.4 Å². The number of hydrogen-bond donors (Lipinski definition) is 6. The number of phenols is 2. The highest BCUT2D eigenvalue weighted by molar-refractivity contribution is 7.91. The lowest BCUT2D eigenvalue weighted by molar-refractivity contribution is 0.284. The number of fused-ring (bicyclic) bond motifs is 1. The van der Waals surface area contributed by atoms with Gasteiger partial charge in [0.25, 0.3) is 20.2 Å². The minimum absolute atomic E-state index is 0.101. The number of phenolic OH excluding ortho intramolecular Hbond substituents is 2. The fourth-order valence-corrected chi connectivity index (χ4v) is 6.06. The Hall–Kier alpha value is -3.44. The molecule has 3 aromatic carbocycles. The average molecular weight is 642 g/mol. The fraction of sp³-hybridized carbons (Fsp3) is 0.158. The van der Waals surface area contributed by atoms with Gasteiger partial charge in [-0.1, -0.05) is 0 Å². The molecule has 0 saturated carbocycles. The third-order valence-corrected chi connectivity index (χ3v) is 8.96. The predicted molar refractivity (Wildman–Crippen MR) is 137 cm³/mol. The van der Waals surface area contributed by atoms with E-state index in [4.69, 9.17) is 4.55 Å². The van der Waals surface area contributed by atoms with Crippen LogP contribution in [0.15, 0.2) is 61.3 Å². The number of nitrogens with zero attached hydrogens (tertiary/aromatic N) is 2. The van der Waals surface area contributed by atoms with E-state index in [-0.39, 0.29) is 16.5 Å². The molecule has 40 heavy (non-hydrogen) atoms. The molecule has 0 aromatic heterocycles. The maximum Gasteiger partial charge on any atom is 0.397 e. The topological polar surface area (TPSA) is 284 Å². The highest BCUT2D eigenvalue weighted by Gasteiger charge is 2.25. The molecule has 218 valence electrons. The van der Waals surface area contributed by atoms with Gasteiger partial charge in [0.2, 0.25) is 0 Å². The molecule has 0 radical (unpaired) electrons. The van der Waals surface area contributed by atoms with Crippen molar-refractivity contribution < 1.29 is 61.7 Å². The standard InChI is InChI=1S/C19H19N3O14S4/c1-20-14-8-12(38(27,28)29)6-10-7-16(39(30,31)32)18(19(24)17(10)14)22-21-13-3-2-11(9-15(13)23)37(25,26)5-4-36-40(33,34)35/h2-3,6-9,20,23-24H,4-5H2,1H3,(H,27,28,29)(H,30,31,32)(H,33,34,35)/b22-21+. The third kappa shape index (κ3) is 7.00. The molecule has 6 N–H and O–H groups in total. The second kappa shape index (κ2) is 10.9. The number of nitrogens with one attached hydrogen (secondary N) is 1. The van der Waals surface area contributed by atoms with Crippen molar-refractivity contribution >= 4 is 68.3 Å². The second-order valence-electron chi connectivity index (χ2n) is 7.76. The average Bonchev–Trinajstić information content (AvgIpc) is 2.81. The summed E-state index contributed by atoms with van der Waals surface area (Å²) in [5.74, 6) is -2.61. The summed E-state index contributed by atoms with van der Waals surface area (Å²) in [6.45, 7) is -0.927. The summed E-state index contributed by atoms with van der Waals surface area (Å²) in [6, 6.07) is 5.06. The minimum Gasteiger partial charge on any atom is -0.506 e. The Kier molecular flexibility index (Phi) is 8.44. The number of benzene rings is 3. The summed E-state index contributed by atoms with van der Waals surface area (Å²) in [4.78, 5) is -2.21. The first-order valence-electron chi connectivity index (χ1n) is 10.3.